The van der Waals surface area contributed by atoms with Gasteiger partial charge in [0.15, 0.2) is 0 Å². The molecule has 0 aliphatic rings. The van der Waals surface area contributed by atoms with Gasteiger partial charge in [0.25, 0.3) is 0 Å². The van der Waals surface area contributed by atoms with Crippen molar-refractivity contribution in [2.45, 2.75) is 6.92 Å². The fourth-order valence-electron chi connectivity index (χ4n) is 1.93. The molecule has 5 nitrogen and oxygen atoms in total. The first-order valence-corrected chi connectivity index (χ1v) is 6.27. The summed E-state index contributed by atoms with van der Waals surface area (Å²) >= 11 is 0. The molecule has 0 spiro atoms. The van der Waals surface area contributed by atoms with Crippen LogP contribution in [0.15, 0.2) is 66.5 Å². The molecule has 0 aliphatic heterocycles. The molecule has 0 saturated carbocycles. The summed E-state index contributed by atoms with van der Waals surface area (Å²) in [7, 11) is 0. The second-order valence-electron chi connectivity index (χ2n) is 4.20. The molecule has 0 heterocycles. The summed E-state index contributed by atoms with van der Waals surface area (Å²) < 4.78 is 0. The number of carbonyl (C=O) groups excluding carboxylic acids is 1. The normalized spacial score (nSPS) is 12.1. The Balaban J connectivity index is 0.00000441. The maximum absolute atomic E-state index is 10.6. The molecule has 0 saturated heterocycles. The maximum Gasteiger partial charge on any atom is 1.00 e. The summed E-state index contributed by atoms with van der Waals surface area (Å²) in [5.41, 5.74) is 13.4. The van der Waals surface area contributed by atoms with Gasteiger partial charge in [-0.2, -0.15) is 0 Å². The quantitative estimate of drug-likeness (QED) is 0.203. The van der Waals surface area contributed by atoms with E-state index in [1.54, 1.807) is 0 Å². The first-order chi connectivity index (χ1) is 10.1. The van der Waals surface area contributed by atoms with Crippen LogP contribution in [0.4, 0.5) is 0 Å². The molecule has 0 fully saturated rings. The summed E-state index contributed by atoms with van der Waals surface area (Å²) in [6, 6.07) is 7.59. The van der Waals surface area contributed by atoms with Crippen molar-refractivity contribution in [2.75, 3.05) is 0 Å². The van der Waals surface area contributed by atoms with Crippen molar-refractivity contribution in [3.05, 3.63) is 83.1 Å². The number of allylic oxidation sites excluding steroid dienone is 2. The molecule has 0 aliphatic carbocycles. The van der Waals surface area contributed by atoms with Crippen LogP contribution in [0.5, 0.6) is 0 Å². The third-order valence-corrected chi connectivity index (χ3v) is 2.99. The summed E-state index contributed by atoms with van der Waals surface area (Å²) in [4.78, 5) is 10.6. The SMILES string of the molecule is C=C/C(NC=O)=C(C=C)/C(N)=C(/[N-]N)c1ccccc1C.[K+]. The van der Waals surface area contributed by atoms with Crippen LogP contribution < -0.4 is 68.3 Å². The van der Waals surface area contributed by atoms with Crippen LogP contribution >= 0.6 is 0 Å². The van der Waals surface area contributed by atoms with Crippen LogP contribution in [-0.4, -0.2) is 6.41 Å². The molecular weight excluding hydrogens is 303 g/mol. The van der Waals surface area contributed by atoms with E-state index in [4.69, 9.17) is 11.6 Å². The van der Waals surface area contributed by atoms with Gasteiger partial charge in [-0.3, -0.25) is 4.79 Å². The van der Waals surface area contributed by atoms with Crippen molar-refractivity contribution in [3.8, 4) is 0 Å². The minimum atomic E-state index is 0. The minimum absolute atomic E-state index is 0. The smallest absolute Gasteiger partial charge is 0.623 e. The molecular formula is C16H19KN4O. The fraction of sp³-hybridized carbons (Fsp3) is 0.0625. The largest absolute Gasteiger partial charge is 1.00 e. The first-order valence-electron chi connectivity index (χ1n) is 6.27. The van der Waals surface area contributed by atoms with Crippen LogP contribution in [-0.2, 0) is 4.79 Å². The number of amides is 1. The van der Waals surface area contributed by atoms with Gasteiger partial charge in [-0.05, 0) is 24.1 Å². The Morgan fingerprint density at radius 2 is 1.91 bits per heavy atom. The van der Waals surface area contributed by atoms with Crippen molar-refractivity contribution in [3.63, 3.8) is 0 Å². The predicted molar refractivity (Wildman–Crippen MR) is 86.5 cm³/mol. The molecule has 0 atom stereocenters. The summed E-state index contributed by atoms with van der Waals surface area (Å²) in [6.07, 6.45) is 3.54. The van der Waals surface area contributed by atoms with E-state index in [9.17, 15) is 4.79 Å². The standard InChI is InChI=1S/C16H19N4O.K/c1-4-12(14(5-2)19-10-21)15(17)16(20-18)13-9-7-6-8-11(13)3;/h4-10H,1-2,17-18H2,3H3,(H,19,21);/q-1;+1/b14-12-,16-15-;. The summed E-state index contributed by atoms with van der Waals surface area (Å²) in [6.45, 7) is 9.28. The Morgan fingerprint density at radius 3 is 2.36 bits per heavy atom. The van der Waals surface area contributed by atoms with E-state index in [0.29, 0.717) is 29.1 Å². The molecule has 5 N–H and O–H groups in total. The van der Waals surface area contributed by atoms with Crippen molar-refractivity contribution in [1.29, 1.82) is 0 Å². The minimum Gasteiger partial charge on any atom is -0.623 e. The Morgan fingerprint density at radius 1 is 1.27 bits per heavy atom. The average molecular weight is 322 g/mol. The molecule has 1 aromatic carbocycles. The van der Waals surface area contributed by atoms with Crippen LogP contribution in [0, 0.1) is 6.92 Å². The molecule has 1 aromatic rings. The van der Waals surface area contributed by atoms with Gasteiger partial charge < -0.3 is 22.3 Å². The van der Waals surface area contributed by atoms with E-state index in [0.717, 1.165) is 11.1 Å². The number of benzene rings is 1. The van der Waals surface area contributed by atoms with E-state index in [1.807, 2.05) is 31.2 Å². The third kappa shape index (κ3) is 4.94. The zero-order valence-corrected chi connectivity index (χ0v) is 16.1. The van der Waals surface area contributed by atoms with Crippen molar-refractivity contribution >= 4 is 12.1 Å². The van der Waals surface area contributed by atoms with E-state index < -0.39 is 0 Å². The number of aryl methyl sites for hydroxylation is 1. The molecule has 0 radical (unpaired) electrons. The maximum atomic E-state index is 10.6. The van der Waals surface area contributed by atoms with Crippen LogP contribution in [0.3, 0.4) is 0 Å². The van der Waals surface area contributed by atoms with Gasteiger partial charge in [-0.25, -0.2) is 0 Å². The van der Waals surface area contributed by atoms with Gasteiger partial charge in [0, 0.05) is 17.0 Å². The molecule has 0 unspecified atom stereocenters. The fourth-order valence-corrected chi connectivity index (χ4v) is 1.93. The summed E-state index contributed by atoms with van der Waals surface area (Å²) in [5.74, 6) is 5.50. The number of hydrogen-bond donors (Lipinski definition) is 3. The van der Waals surface area contributed by atoms with Gasteiger partial charge >= 0.3 is 51.4 Å². The number of hydrogen-bond acceptors (Lipinski definition) is 3. The Labute approximate surface area is 173 Å². The van der Waals surface area contributed by atoms with Crippen LogP contribution in [0.2, 0.25) is 0 Å². The second kappa shape index (κ2) is 10.6. The predicted octanol–water partition coefficient (Wildman–Crippen LogP) is -0.754. The zero-order chi connectivity index (χ0) is 15.8. The van der Waals surface area contributed by atoms with Crippen molar-refractivity contribution < 1.29 is 56.2 Å². The van der Waals surface area contributed by atoms with Crippen molar-refractivity contribution in [1.82, 2.24) is 5.32 Å². The monoisotopic (exact) mass is 322 g/mol. The molecule has 22 heavy (non-hydrogen) atoms. The average Bonchev–Trinajstić information content (AvgIpc) is 2.49. The van der Waals surface area contributed by atoms with Gasteiger partial charge in [0.2, 0.25) is 6.41 Å². The molecule has 0 aromatic heterocycles. The van der Waals surface area contributed by atoms with Crippen LogP contribution in [0.1, 0.15) is 11.1 Å². The van der Waals surface area contributed by atoms with Gasteiger partial charge in [0.05, 0.1) is 0 Å². The Kier molecular flexibility index (Phi) is 10.00. The van der Waals surface area contributed by atoms with Crippen molar-refractivity contribution in [2.24, 2.45) is 11.6 Å². The molecule has 1 amide bonds. The number of carbonyl (C=O) groups is 1. The molecule has 6 heteroatoms. The second-order valence-corrected chi connectivity index (χ2v) is 4.20. The first kappa shape index (κ1) is 20.8. The number of nitrogens with zero attached hydrogens (tertiary/aromatic N) is 1. The van der Waals surface area contributed by atoms with Gasteiger partial charge in [0.1, 0.15) is 0 Å². The molecule has 1 rings (SSSR count). The summed E-state index contributed by atoms with van der Waals surface area (Å²) in [5, 5.41) is 2.52. The zero-order valence-electron chi connectivity index (χ0n) is 13.0. The number of nitrogens with one attached hydrogen (secondary N) is 1. The van der Waals surface area contributed by atoms with E-state index in [-0.39, 0.29) is 51.4 Å². The molecule has 0 bridgehead atoms. The third-order valence-electron chi connectivity index (χ3n) is 2.99. The molecule has 110 valence electrons. The van der Waals surface area contributed by atoms with E-state index >= 15 is 0 Å². The Bertz CT molecular complexity index is 620. The van der Waals surface area contributed by atoms with E-state index in [2.05, 4.69) is 23.9 Å². The number of nitrogens with two attached hydrogens (primary N) is 2. The van der Waals surface area contributed by atoms with Gasteiger partial charge in [-0.15, -0.1) is 0 Å². The van der Waals surface area contributed by atoms with Crippen LogP contribution in [0.25, 0.3) is 11.1 Å². The Hall–Kier alpha value is -1.15. The topological polar surface area (TPSA) is 95.2 Å². The van der Waals surface area contributed by atoms with Gasteiger partial charge in [-0.1, -0.05) is 49.2 Å². The number of rotatable bonds is 7. The van der Waals surface area contributed by atoms with E-state index in [1.165, 1.54) is 12.2 Å².